The minimum Gasteiger partial charge on any atom is -0.463 e. The third kappa shape index (κ3) is 9.52. The molecule has 0 aromatic carbocycles. The third-order valence-corrected chi connectivity index (χ3v) is 10.6. The number of amides is 1. The van der Waals surface area contributed by atoms with Crippen molar-refractivity contribution >= 4 is 17.7 Å². The van der Waals surface area contributed by atoms with Gasteiger partial charge in [0.2, 0.25) is 5.91 Å². The molecule has 9 atom stereocenters. The van der Waals surface area contributed by atoms with Crippen LogP contribution in [0.1, 0.15) is 68.2 Å². The van der Waals surface area contributed by atoms with E-state index in [4.69, 9.17) is 18.9 Å². The van der Waals surface area contributed by atoms with Crippen molar-refractivity contribution in [2.45, 2.75) is 111 Å². The number of nitrogens with zero attached hydrogens (tertiary/aromatic N) is 4. The number of likely N-dealkylation sites (N-methyl/N-ethyl adjacent to an activating group) is 2. The number of rotatable bonds is 7. The van der Waals surface area contributed by atoms with Crippen molar-refractivity contribution in [1.82, 2.24) is 19.6 Å². The first-order valence-electron chi connectivity index (χ1n) is 17.5. The molecule has 0 unspecified atom stereocenters. The predicted octanol–water partition coefficient (Wildman–Crippen LogP) is 2.12. The van der Waals surface area contributed by atoms with Crippen molar-refractivity contribution in [3.8, 4) is 0 Å². The lowest BCUT2D eigenvalue weighted by Gasteiger charge is -2.47. The number of esters is 1. The molecule has 0 aromatic heterocycles. The maximum absolute atomic E-state index is 14.2. The Morgan fingerprint density at radius 3 is 2.26 bits per heavy atom. The molecule has 47 heavy (non-hydrogen) atoms. The molecule has 3 rings (SSSR count). The molecule has 1 N–H and O–H groups in total. The Labute approximate surface area is 283 Å². The molecule has 1 amide bonds. The van der Waals surface area contributed by atoms with E-state index in [0.29, 0.717) is 39.0 Å². The molecular weight excluding hydrogens is 604 g/mol. The van der Waals surface area contributed by atoms with Gasteiger partial charge in [0, 0.05) is 64.3 Å². The monoisotopic (exact) mass is 668 g/mol. The van der Waals surface area contributed by atoms with E-state index in [2.05, 4.69) is 16.7 Å². The molecule has 3 aliphatic heterocycles. The predicted molar refractivity (Wildman–Crippen MR) is 180 cm³/mol. The highest BCUT2D eigenvalue weighted by Gasteiger charge is 2.51. The summed E-state index contributed by atoms with van der Waals surface area (Å²) in [7, 11) is 7.50. The molecule has 0 radical (unpaired) electrons. The number of ether oxygens (including phenoxy) is 4. The highest BCUT2D eigenvalue weighted by molar-refractivity contribution is 6.04. The topological polar surface area (TPSA) is 121 Å². The number of ketones is 1. The first kappa shape index (κ1) is 39.8. The number of hydrogen-bond donors (Lipinski definition) is 1. The molecule has 3 aliphatic rings. The van der Waals surface area contributed by atoms with Crippen LogP contribution in [-0.4, -0.2) is 159 Å². The number of piperazine rings is 1. The summed E-state index contributed by atoms with van der Waals surface area (Å²) < 4.78 is 24.9. The molecule has 12 nitrogen and oxygen atoms in total. The maximum Gasteiger partial charge on any atom is 0.319 e. The van der Waals surface area contributed by atoms with Crippen LogP contribution in [0.25, 0.3) is 0 Å². The van der Waals surface area contributed by atoms with Crippen LogP contribution in [0.3, 0.4) is 0 Å². The number of methoxy groups -OCH3 is 1. The summed E-state index contributed by atoms with van der Waals surface area (Å²) in [6, 6.07) is -0.304. The van der Waals surface area contributed by atoms with E-state index in [1.54, 1.807) is 27.9 Å². The van der Waals surface area contributed by atoms with Crippen molar-refractivity contribution < 1.29 is 38.4 Å². The van der Waals surface area contributed by atoms with Crippen LogP contribution >= 0.6 is 0 Å². The van der Waals surface area contributed by atoms with Gasteiger partial charge >= 0.3 is 5.97 Å². The standard InChI is InChI=1S/C35H64N4O8/c1-22(2)31(42)39-15-13-38(14-16-39)20-26-21-45-33(43)34(6,7)29(41)25(5)30(35(8,44-12)18-23(3)19-37(26)11)47-32-28(40)27(36(9)10)17-24(4)46-32/h22-28,30,32,40H,13-21H2,1-12H3/t23-,24-,25+,26-,27+,28-,30-,32+,35-/m1/s1. The van der Waals surface area contributed by atoms with Gasteiger partial charge in [-0.3, -0.25) is 24.2 Å². The zero-order valence-electron chi connectivity index (χ0n) is 31.2. The van der Waals surface area contributed by atoms with Gasteiger partial charge in [-0.2, -0.15) is 0 Å². The van der Waals surface area contributed by atoms with Crippen LogP contribution in [0.4, 0.5) is 0 Å². The molecule has 3 saturated heterocycles. The van der Waals surface area contributed by atoms with Gasteiger partial charge in [0.25, 0.3) is 0 Å². The number of carbonyl (C=O) groups excluding carboxylic acids is 3. The van der Waals surface area contributed by atoms with Crippen LogP contribution < -0.4 is 0 Å². The van der Waals surface area contributed by atoms with Gasteiger partial charge in [-0.1, -0.05) is 27.7 Å². The summed E-state index contributed by atoms with van der Waals surface area (Å²) in [4.78, 5) is 48.9. The number of hydrogen-bond acceptors (Lipinski definition) is 11. The molecule has 0 aromatic rings. The van der Waals surface area contributed by atoms with Gasteiger partial charge in [-0.25, -0.2) is 0 Å². The summed E-state index contributed by atoms with van der Waals surface area (Å²) in [6.45, 7) is 19.2. The summed E-state index contributed by atoms with van der Waals surface area (Å²) in [5.74, 6) is -1.43. The quantitative estimate of drug-likeness (QED) is 0.317. The number of aliphatic hydroxyl groups excluding tert-OH is 1. The van der Waals surface area contributed by atoms with E-state index >= 15 is 0 Å². The Bertz CT molecular complexity index is 1060. The van der Waals surface area contributed by atoms with E-state index in [1.807, 2.05) is 58.6 Å². The Morgan fingerprint density at radius 2 is 1.70 bits per heavy atom. The SMILES string of the molecule is CO[C@]1(C)C[C@@H](C)CN(C)[C@H](CN2CCN(C(=O)C(C)C)CC2)COC(=O)C(C)(C)C(=O)[C@H](C)[C@H]1O[C@@H]1O[C@H](C)C[C@H](N(C)C)[C@H]1O. The molecule has 3 heterocycles. The normalized spacial score (nSPS) is 37.3. The lowest BCUT2D eigenvalue weighted by atomic mass is 9.74. The second kappa shape index (κ2) is 16.4. The van der Waals surface area contributed by atoms with Crippen LogP contribution in [0.15, 0.2) is 0 Å². The van der Waals surface area contributed by atoms with Gasteiger partial charge in [0.1, 0.15) is 18.1 Å². The lowest BCUT2D eigenvalue weighted by Crippen LogP contribution is -2.59. The largest absolute Gasteiger partial charge is 0.463 e. The fourth-order valence-electron chi connectivity index (χ4n) is 7.60. The van der Waals surface area contributed by atoms with Crippen molar-refractivity contribution in [1.29, 1.82) is 0 Å². The average molecular weight is 669 g/mol. The molecule has 272 valence electrons. The third-order valence-electron chi connectivity index (χ3n) is 10.6. The van der Waals surface area contributed by atoms with Crippen LogP contribution in [-0.2, 0) is 33.3 Å². The second-order valence-electron chi connectivity index (χ2n) is 15.7. The number of cyclic esters (lactones) is 1. The fourth-order valence-corrected chi connectivity index (χ4v) is 7.60. The van der Waals surface area contributed by atoms with Gasteiger partial charge in [0.15, 0.2) is 12.1 Å². The molecule has 0 aliphatic carbocycles. The minimum atomic E-state index is -1.45. The van der Waals surface area contributed by atoms with E-state index in [9.17, 15) is 19.5 Å². The van der Waals surface area contributed by atoms with E-state index < -0.39 is 41.4 Å². The number of carbonyl (C=O) groups is 3. The van der Waals surface area contributed by atoms with Crippen molar-refractivity contribution in [2.24, 2.45) is 23.2 Å². The highest BCUT2D eigenvalue weighted by Crippen LogP contribution is 2.38. The summed E-state index contributed by atoms with van der Waals surface area (Å²) in [6.07, 6.45) is -1.71. The summed E-state index contributed by atoms with van der Waals surface area (Å²) in [5, 5.41) is 11.3. The molecule has 3 fully saturated rings. The fraction of sp³-hybridized carbons (Fsp3) is 0.914. The van der Waals surface area contributed by atoms with Crippen LogP contribution in [0.2, 0.25) is 0 Å². The van der Waals surface area contributed by atoms with E-state index in [1.165, 1.54) is 0 Å². The molecule has 12 heteroatoms. The zero-order chi connectivity index (χ0) is 35.4. The van der Waals surface area contributed by atoms with E-state index in [0.717, 1.165) is 13.1 Å². The zero-order valence-corrected chi connectivity index (χ0v) is 31.2. The Morgan fingerprint density at radius 1 is 1.09 bits per heavy atom. The first-order chi connectivity index (χ1) is 21.8. The summed E-state index contributed by atoms with van der Waals surface area (Å²) >= 11 is 0. The lowest BCUT2D eigenvalue weighted by molar-refractivity contribution is -0.295. The molecular formula is C35H64N4O8. The number of Topliss-reactive ketones (excluding diaryl/α,β-unsaturated/α-hetero) is 1. The van der Waals surface area contributed by atoms with Crippen LogP contribution in [0, 0.1) is 23.2 Å². The van der Waals surface area contributed by atoms with E-state index in [-0.39, 0.29) is 48.3 Å². The average Bonchev–Trinajstić information content (AvgIpc) is 3.01. The second-order valence-corrected chi connectivity index (χ2v) is 15.7. The Balaban J connectivity index is 1.89. The van der Waals surface area contributed by atoms with Gasteiger partial charge in [-0.15, -0.1) is 0 Å². The Kier molecular flexibility index (Phi) is 13.8. The van der Waals surface area contributed by atoms with Gasteiger partial charge in [0.05, 0.1) is 23.9 Å². The van der Waals surface area contributed by atoms with Crippen molar-refractivity contribution in [3.63, 3.8) is 0 Å². The molecule has 0 spiro atoms. The van der Waals surface area contributed by atoms with Crippen molar-refractivity contribution in [3.05, 3.63) is 0 Å². The maximum atomic E-state index is 14.2. The van der Waals surface area contributed by atoms with Crippen LogP contribution in [0.5, 0.6) is 0 Å². The number of aliphatic hydroxyl groups is 1. The van der Waals surface area contributed by atoms with Gasteiger partial charge in [-0.05, 0) is 67.6 Å². The summed E-state index contributed by atoms with van der Waals surface area (Å²) in [5.41, 5.74) is -2.40. The Hall–Kier alpha value is -1.67. The highest BCUT2D eigenvalue weighted by atomic mass is 16.7. The van der Waals surface area contributed by atoms with Gasteiger partial charge < -0.3 is 33.9 Å². The minimum absolute atomic E-state index is 0.0284. The molecule has 0 bridgehead atoms. The molecule has 0 saturated carbocycles. The first-order valence-corrected chi connectivity index (χ1v) is 17.5. The smallest absolute Gasteiger partial charge is 0.319 e. The van der Waals surface area contributed by atoms with Crippen molar-refractivity contribution in [2.75, 3.05) is 74.1 Å².